The molecule has 3 heterocycles. The van der Waals surface area contributed by atoms with E-state index in [-0.39, 0.29) is 0 Å². The highest BCUT2D eigenvalue weighted by atomic mass is 16.3. The van der Waals surface area contributed by atoms with Crippen LogP contribution in [0.25, 0.3) is 170 Å². The van der Waals surface area contributed by atoms with E-state index in [1.165, 1.54) is 75.4 Å². The molecule has 0 unspecified atom stereocenters. The lowest BCUT2D eigenvalue weighted by Gasteiger charge is -2.17. The average Bonchev–Trinajstić information content (AvgIpc) is 4.20. The summed E-state index contributed by atoms with van der Waals surface area (Å²) in [5, 5.41) is 21.4. The van der Waals surface area contributed by atoms with E-state index in [0.29, 0.717) is 17.5 Å². The van der Waals surface area contributed by atoms with Gasteiger partial charge in [0.2, 0.25) is 0 Å². The molecule has 0 aliphatic heterocycles. The van der Waals surface area contributed by atoms with E-state index in [1.54, 1.807) is 0 Å². The van der Waals surface area contributed by atoms with Gasteiger partial charge in [-0.15, -0.1) is 0 Å². The molecule has 0 radical (unpaired) electrons. The van der Waals surface area contributed by atoms with Crippen molar-refractivity contribution in [3.63, 3.8) is 0 Å². The van der Waals surface area contributed by atoms with E-state index in [4.69, 9.17) is 19.4 Å². The van der Waals surface area contributed by atoms with Gasteiger partial charge in [0.25, 0.3) is 0 Å². The lowest BCUT2D eigenvalue weighted by Crippen LogP contribution is -2.02. The molecule has 78 heavy (non-hydrogen) atoms. The van der Waals surface area contributed by atoms with Crippen LogP contribution in [0, 0.1) is 0 Å². The molecule has 14 aromatic carbocycles. The van der Waals surface area contributed by atoms with Crippen molar-refractivity contribution in [2.75, 3.05) is 0 Å². The van der Waals surface area contributed by atoms with Crippen LogP contribution in [0.15, 0.2) is 259 Å². The summed E-state index contributed by atoms with van der Waals surface area (Å²) >= 11 is 0. The molecular weight excluding hydrogens is 949 g/mol. The maximum atomic E-state index is 6.60. The quantitative estimate of drug-likeness (QED) is 0.161. The zero-order chi connectivity index (χ0) is 51.0. The first-order valence-corrected chi connectivity index (χ1v) is 26.6. The highest BCUT2D eigenvalue weighted by Gasteiger charge is 2.22. The summed E-state index contributed by atoms with van der Waals surface area (Å²) in [6.07, 6.45) is 0. The van der Waals surface area contributed by atoms with E-state index < -0.39 is 0 Å². The summed E-state index contributed by atoms with van der Waals surface area (Å²) in [6.45, 7) is 0. The lowest BCUT2D eigenvalue weighted by molar-refractivity contribution is 0.669. The van der Waals surface area contributed by atoms with Gasteiger partial charge in [0, 0.05) is 43.8 Å². The molecular formula is C73H42N4O. The van der Waals surface area contributed by atoms with Crippen molar-refractivity contribution in [3.8, 4) is 51.0 Å². The largest absolute Gasteiger partial charge is 0.456 e. The molecule has 17 aromatic rings. The predicted molar refractivity (Wildman–Crippen MR) is 326 cm³/mol. The topological polar surface area (TPSA) is 56.7 Å². The minimum atomic E-state index is 0.577. The second-order valence-electron chi connectivity index (χ2n) is 20.6. The van der Waals surface area contributed by atoms with E-state index >= 15 is 0 Å². The molecule has 0 aliphatic rings. The number of benzene rings is 14. The number of aromatic nitrogens is 4. The minimum absolute atomic E-state index is 0.577. The third kappa shape index (κ3) is 6.39. The van der Waals surface area contributed by atoms with Gasteiger partial charge < -0.3 is 8.98 Å². The van der Waals surface area contributed by atoms with Crippen molar-refractivity contribution < 1.29 is 4.42 Å². The molecule has 0 N–H and O–H groups in total. The van der Waals surface area contributed by atoms with Gasteiger partial charge in [-0.1, -0.05) is 188 Å². The summed E-state index contributed by atoms with van der Waals surface area (Å²) < 4.78 is 9.03. The number of furan rings is 1. The summed E-state index contributed by atoms with van der Waals surface area (Å²) in [5.41, 5.74) is 9.70. The second-order valence-corrected chi connectivity index (χ2v) is 20.6. The van der Waals surface area contributed by atoms with Gasteiger partial charge in [-0.25, -0.2) is 15.0 Å². The van der Waals surface area contributed by atoms with Crippen LogP contribution in [0.4, 0.5) is 0 Å². The maximum absolute atomic E-state index is 6.60. The fraction of sp³-hybridized carbons (Fsp3) is 0. The van der Waals surface area contributed by atoms with Gasteiger partial charge in [0.1, 0.15) is 11.2 Å². The normalized spacial score (nSPS) is 12.1. The van der Waals surface area contributed by atoms with Crippen molar-refractivity contribution in [1.29, 1.82) is 0 Å². The maximum Gasteiger partial charge on any atom is 0.164 e. The first-order chi connectivity index (χ1) is 38.6. The fourth-order valence-corrected chi connectivity index (χ4v) is 12.8. The number of para-hydroxylation sites is 2. The summed E-state index contributed by atoms with van der Waals surface area (Å²) in [7, 11) is 0. The van der Waals surface area contributed by atoms with Gasteiger partial charge in [-0.05, 0) is 148 Å². The van der Waals surface area contributed by atoms with Crippen molar-refractivity contribution >= 4 is 119 Å². The van der Waals surface area contributed by atoms with Crippen LogP contribution in [0.5, 0.6) is 0 Å². The third-order valence-corrected chi connectivity index (χ3v) is 16.4. The molecule has 5 nitrogen and oxygen atoms in total. The van der Waals surface area contributed by atoms with Gasteiger partial charge >= 0.3 is 0 Å². The van der Waals surface area contributed by atoms with Gasteiger partial charge in [0.05, 0.1) is 16.7 Å². The monoisotopic (exact) mass is 990 g/mol. The van der Waals surface area contributed by atoms with Crippen LogP contribution >= 0.6 is 0 Å². The average molecular weight is 991 g/mol. The number of hydrogen-bond acceptors (Lipinski definition) is 4. The van der Waals surface area contributed by atoms with Crippen LogP contribution in [-0.2, 0) is 0 Å². The van der Waals surface area contributed by atoms with E-state index in [1.807, 2.05) is 12.1 Å². The Morgan fingerprint density at radius 1 is 0.244 bits per heavy atom. The van der Waals surface area contributed by atoms with Crippen LogP contribution < -0.4 is 0 Å². The zero-order valence-corrected chi connectivity index (χ0v) is 41.9. The van der Waals surface area contributed by atoms with Gasteiger partial charge in [0.15, 0.2) is 17.5 Å². The Hall–Kier alpha value is -10.5. The lowest BCUT2D eigenvalue weighted by atomic mass is 9.93. The number of nitrogens with zero attached hydrogens (tertiary/aromatic N) is 4. The molecule has 0 amide bonds. The number of rotatable bonds is 5. The van der Waals surface area contributed by atoms with E-state index in [0.717, 1.165) is 77.2 Å². The number of hydrogen-bond donors (Lipinski definition) is 0. The third-order valence-electron chi connectivity index (χ3n) is 16.4. The Kier molecular flexibility index (Phi) is 9.06. The first-order valence-electron chi connectivity index (χ1n) is 26.6. The van der Waals surface area contributed by atoms with Gasteiger partial charge in [-0.3, -0.25) is 0 Å². The molecule has 0 fully saturated rings. The first kappa shape index (κ1) is 42.8. The van der Waals surface area contributed by atoms with E-state index in [9.17, 15) is 0 Å². The fourth-order valence-electron chi connectivity index (χ4n) is 12.8. The Balaban J connectivity index is 0.935. The molecule has 0 bridgehead atoms. The Bertz CT molecular complexity index is 5170. The molecule has 17 rings (SSSR count). The van der Waals surface area contributed by atoms with Crippen LogP contribution in [-0.4, -0.2) is 19.5 Å². The highest BCUT2D eigenvalue weighted by molar-refractivity contribution is 6.27. The van der Waals surface area contributed by atoms with Crippen molar-refractivity contribution in [2.45, 2.75) is 0 Å². The molecule has 0 saturated carbocycles. The number of fused-ring (bicyclic) bond motifs is 19. The van der Waals surface area contributed by atoms with Crippen molar-refractivity contribution in [3.05, 3.63) is 255 Å². The standard InChI is InChI=1S/C73H42N4O/c1-2-16-44-41-68-65(37-43(44)15-1)59-25-11-13-27-66(59)77(68)67-36-32-48(38-62(67)45-29-35-61-60-26-12-14-28-69(60)78-70(61)42-45)73-75-71(46-30-33-57-53-21-5-3-17-49(53)51-19-7-9-23-55(51)63(57)39-46)74-72(76-73)47-31-34-58-54-22-6-4-18-50(54)52-20-8-10-24-56(52)64(58)40-47/h1-42H. The Morgan fingerprint density at radius 3 is 1.21 bits per heavy atom. The van der Waals surface area contributed by atoms with Gasteiger partial charge in [-0.2, -0.15) is 0 Å². The molecule has 0 saturated heterocycles. The summed E-state index contributed by atoms with van der Waals surface area (Å²) in [4.78, 5) is 16.4. The van der Waals surface area contributed by atoms with Crippen molar-refractivity contribution in [1.82, 2.24) is 19.5 Å². The predicted octanol–water partition coefficient (Wildman–Crippen LogP) is 19.6. The summed E-state index contributed by atoms with van der Waals surface area (Å²) in [5.74, 6) is 1.77. The molecule has 5 heteroatoms. The van der Waals surface area contributed by atoms with Crippen LogP contribution in [0.2, 0.25) is 0 Å². The Morgan fingerprint density at radius 2 is 0.641 bits per heavy atom. The second kappa shape index (κ2) is 16.5. The molecule has 0 spiro atoms. The van der Waals surface area contributed by atoms with Crippen LogP contribution in [0.3, 0.4) is 0 Å². The zero-order valence-electron chi connectivity index (χ0n) is 41.9. The van der Waals surface area contributed by atoms with Crippen LogP contribution in [0.1, 0.15) is 0 Å². The SMILES string of the molecule is c1ccc2cc3c(cc2c1)c1ccccc1n3-c1ccc(-c2nc(-c3ccc4c5ccccc5c5ccccc5c4c3)nc(-c3ccc4c5ccccc5c5ccccc5c4c3)n2)cc1-c1ccc2c(c1)oc1ccccc12. The smallest absolute Gasteiger partial charge is 0.164 e. The van der Waals surface area contributed by atoms with Crippen molar-refractivity contribution in [2.24, 2.45) is 0 Å². The Labute approximate surface area is 446 Å². The minimum Gasteiger partial charge on any atom is -0.456 e. The molecule has 3 aromatic heterocycles. The molecule has 0 aliphatic carbocycles. The molecule has 360 valence electrons. The highest BCUT2D eigenvalue weighted by Crippen LogP contribution is 2.43. The summed E-state index contributed by atoms with van der Waals surface area (Å²) in [6, 6.07) is 91.8. The molecule has 0 atom stereocenters. The van der Waals surface area contributed by atoms with E-state index in [2.05, 4.69) is 247 Å².